The maximum Gasteiger partial charge on any atom is 0.260 e. The molecule has 0 atom stereocenters. The third kappa shape index (κ3) is 2.55. The molecule has 96 valence electrons. The number of nitrogens with zero attached hydrogens (tertiary/aromatic N) is 2. The van der Waals surface area contributed by atoms with E-state index in [0.29, 0.717) is 5.02 Å². The van der Waals surface area contributed by atoms with E-state index in [4.69, 9.17) is 11.6 Å². The summed E-state index contributed by atoms with van der Waals surface area (Å²) in [6, 6.07) is 7.14. The first kappa shape index (κ1) is 13.1. The molecule has 0 fully saturated rings. The predicted molar refractivity (Wildman–Crippen MR) is 68.7 cm³/mol. The van der Waals surface area contributed by atoms with Crippen molar-refractivity contribution in [2.24, 2.45) is 0 Å². The fourth-order valence-electron chi connectivity index (χ4n) is 1.50. The number of aromatic nitrogens is 2. The number of hydrogen-bond acceptors (Lipinski definition) is 3. The fraction of sp³-hybridized carbons (Fsp3) is 0.182. The van der Waals surface area contributed by atoms with Gasteiger partial charge in [0.15, 0.2) is 5.03 Å². The molecule has 18 heavy (non-hydrogen) atoms. The minimum atomic E-state index is -3.55. The van der Waals surface area contributed by atoms with E-state index in [9.17, 15) is 8.42 Å². The molecule has 1 heterocycles. The monoisotopic (exact) mass is 285 g/mol. The van der Waals surface area contributed by atoms with Crippen molar-refractivity contribution in [2.75, 3.05) is 7.05 Å². The van der Waals surface area contributed by atoms with Crippen molar-refractivity contribution in [1.82, 2.24) is 14.3 Å². The van der Waals surface area contributed by atoms with E-state index in [1.165, 1.54) is 23.9 Å². The molecule has 0 saturated carbocycles. The van der Waals surface area contributed by atoms with Crippen LogP contribution < -0.4 is 0 Å². The summed E-state index contributed by atoms with van der Waals surface area (Å²) in [7, 11) is -2.05. The molecule has 0 aliphatic rings. The zero-order chi connectivity index (χ0) is 13.2. The van der Waals surface area contributed by atoms with E-state index in [-0.39, 0.29) is 11.6 Å². The topological polar surface area (TPSA) is 66.1 Å². The Morgan fingerprint density at radius 1 is 1.39 bits per heavy atom. The third-order valence-corrected chi connectivity index (χ3v) is 4.61. The minimum Gasteiger partial charge on any atom is -0.335 e. The van der Waals surface area contributed by atoms with Crippen LogP contribution in [-0.4, -0.2) is 29.7 Å². The molecule has 0 saturated heterocycles. The third-order valence-electron chi connectivity index (χ3n) is 2.51. The van der Waals surface area contributed by atoms with Gasteiger partial charge in [-0.05, 0) is 11.6 Å². The van der Waals surface area contributed by atoms with Crippen molar-refractivity contribution >= 4 is 21.6 Å². The van der Waals surface area contributed by atoms with Gasteiger partial charge in [0.2, 0.25) is 0 Å². The van der Waals surface area contributed by atoms with Crippen LogP contribution in [-0.2, 0) is 16.6 Å². The average Bonchev–Trinajstić information content (AvgIpc) is 2.86. The van der Waals surface area contributed by atoms with Gasteiger partial charge in [-0.1, -0.05) is 29.8 Å². The van der Waals surface area contributed by atoms with E-state index in [1.54, 1.807) is 18.2 Å². The maximum absolute atomic E-state index is 12.1. The molecule has 0 radical (unpaired) electrons. The van der Waals surface area contributed by atoms with Crippen molar-refractivity contribution < 1.29 is 8.42 Å². The van der Waals surface area contributed by atoms with Gasteiger partial charge in [-0.3, -0.25) is 0 Å². The van der Waals surface area contributed by atoms with Crippen molar-refractivity contribution in [3.63, 3.8) is 0 Å². The maximum atomic E-state index is 12.1. The molecule has 1 aromatic heterocycles. The number of hydrogen-bond donors (Lipinski definition) is 1. The Morgan fingerprint density at radius 2 is 2.11 bits per heavy atom. The van der Waals surface area contributed by atoms with Gasteiger partial charge in [0.05, 0.1) is 12.5 Å². The summed E-state index contributed by atoms with van der Waals surface area (Å²) in [6.45, 7) is 0.209. The molecule has 0 spiro atoms. The van der Waals surface area contributed by atoms with Crippen LogP contribution in [0.5, 0.6) is 0 Å². The van der Waals surface area contributed by atoms with Crippen LogP contribution in [0.15, 0.2) is 41.8 Å². The standard InChI is InChI=1S/C11H12ClN3O2S/c1-15(7-9-4-2-3-5-10(9)12)18(16,17)11-6-13-8-14-11/h2-6,8H,7H2,1H3,(H,13,14). The molecule has 0 aliphatic heterocycles. The van der Waals surface area contributed by atoms with Crippen LogP contribution in [0.4, 0.5) is 0 Å². The Morgan fingerprint density at radius 3 is 2.72 bits per heavy atom. The lowest BCUT2D eigenvalue weighted by Gasteiger charge is -2.16. The zero-order valence-corrected chi connectivity index (χ0v) is 11.2. The van der Waals surface area contributed by atoms with Gasteiger partial charge in [0.25, 0.3) is 10.0 Å². The van der Waals surface area contributed by atoms with Crippen LogP contribution in [0.25, 0.3) is 0 Å². The Labute approximate surface area is 110 Å². The smallest absolute Gasteiger partial charge is 0.260 e. The second-order valence-electron chi connectivity index (χ2n) is 3.77. The van der Waals surface area contributed by atoms with Crippen LogP contribution in [0.1, 0.15) is 5.56 Å². The van der Waals surface area contributed by atoms with E-state index < -0.39 is 10.0 Å². The van der Waals surface area contributed by atoms with Gasteiger partial charge in [-0.2, -0.15) is 4.31 Å². The molecule has 0 bridgehead atoms. The number of H-pyrrole nitrogens is 1. The molecule has 7 heteroatoms. The number of sulfonamides is 1. The summed E-state index contributed by atoms with van der Waals surface area (Å²) < 4.78 is 25.5. The first-order chi connectivity index (χ1) is 8.51. The number of imidazole rings is 1. The second-order valence-corrected chi connectivity index (χ2v) is 6.19. The van der Waals surface area contributed by atoms with Gasteiger partial charge in [-0.15, -0.1) is 0 Å². The van der Waals surface area contributed by atoms with Gasteiger partial charge in [0, 0.05) is 18.6 Å². The van der Waals surface area contributed by atoms with Crippen molar-refractivity contribution in [2.45, 2.75) is 11.6 Å². The minimum absolute atomic E-state index is 0.0667. The normalized spacial score (nSPS) is 11.9. The van der Waals surface area contributed by atoms with Crippen LogP contribution in [0, 0.1) is 0 Å². The molecule has 1 aromatic carbocycles. The molecular formula is C11H12ClN3O2S. The average molecular weight is 286 g/mol. The molecule has 1 N–H and O–H groups in total. The fourth-order valence-corrected chi connectivity index (χ4v) is 2.74. The van der Waals surface area contributed by atoms with Gasteiger partial charge >= 0.3 is 0 Å². The highest BCUT2D eigenvalue weighted by Gasteiger charge is 2.22. The molecule has 5 nitrogen and oxygen atoms in total. The molecule has 0 unspecified atom stereocenters. The number of rotatable bonds is 4. The van der Waals surface area contributed by atoms with Gasteiger partial charge in [0.1, 0.15) is 0 Å². The first-order valence-electron chi connectivity index (χ1n) is 5.20. The van der Waals surface area contributed by atoms with E-state index in [2.05, 4.69) is 9.97 Å². The Balaban J connectivity index is 2.24. The lowest BCUT2D eigenvalue weighted by molar-refractivity contribution is 0.464. The predicted octanol–water partition coefficient (Wildman–Crippen LogP) is 1.88. The van der Waals surface area contributed by atoms with Crippen molar-refractivity contribution in [3.05, 3.63) is 47.4 Å². The van der Waals surface area contributed by atoms with E-state index in [0.717, 1.165) is 5.56 Å². The molecule has 0 amide bonds. The first-order valence-corrected chi connectivity index (χ1v) is 7.02. The summed E-state index contributed by atoms with van der Waals surface area (Å²) in [5, 5.41) is 0.612. The second kappa shape index (κ2) is 5.09. The summed E-state index contributed by atoms with van der Waals surface area (Å²) in [4.78, 5) is 6.29. The quantitative estimate of drug-likeness (QED) is 0.933. The van der Waals surface area contributed by atoms with E-state index in [1.807, 2.05) is 6.07 Å². The zero-order valence-electron chi connectivity index (χ0n) is 9.67. The molecule has 2 aromatic rings. The number of halogens is 1. The summed E-state index contributed by atoms with van der Waals surface area (Å²) in [5.74, 6) is 0. The number of benzene rings is 1. The van der Waals surface area contributed by atoms with E-state index >= 15 is 0 Å². The summed E-state index contributed by atoms with van der Waals surface area (Å²) >= 11 is 6.00. The largest absolute Gasteiger partial charge is 0.335 e. The van der Waals surface area contributed by atoms with Gasteiger partial charge < -0.3 is 4.98 Å². The lowest BCUT2D eigenvalue weighted by Crippen LogP contribution is -2.26. The highest BCUT2D eigenvalue weighted by atomic mass is 35.5. The van der Waals surface area contributed by atoms with Crippen LogP contribution >= 0.6 is 11.6 Å². The highest BCUT2D eigenvalue weighted by Crippen LogP contribution is 2.19. The molecule has 2 rings (SSSR count). The highest BCUT2D eigenvalue weighted by molar-refractivity contribution is 7.89. The summed E-state index contributed by atoms with van der Waals surface area (Å²) in [6.07, 6.45) is 2.61. The summed E-state index contributed by atoms with van der Waals surface area (Å²) in [5.41, 5.74) is 0.754. The van der Waals surface area contributed by atoms with Crippen LogP contribution in [0.2, 0.25) is 5.02 Å². The van der Waals surface area contributed by atoms with Crippen molar-refractivity contribution in [1.29, 1.82) is 0 Å². The SMILES string of the molecule is CN(Cc1ccccc1Cl)S(=O)(=O)c1cnc[nH]1. The molecular weight excluding hydrogens is 274 g/mol. The number of nitrogens with one attached hydrogen (secondary N) is 1. The van der Waals surface area contributed by atoms with Crippen molar-refractivity contribution in [3.8, 4) is 0 Å². The van der Waals surface area contributed by atoms with Crippen LogP contribution in [0.3, 0.4) is 0 Å². The molecule has 0 aliphatic carbocycles. The Kier molecular flexibility index (Phi) is 3.70. The van der Waals surface area contributed by atoms with Gasteiger partial charge in [-0.25, -0.2) is 13.4 Å². The Bertz CT molecular complexity index is 625. The lowest BCUT2D eigenvalue weighted by atomic mass is 10.2. The number of aromatic amines is 1. The Hall–Kier alpha value is -1.37.